The van der Waals surface area contributed by atoms with E-state index in [2.05, 4.69) is 0 Å². The zero-order valence-electron chi connectivity index (χ0n) is 11.2. The van der Waals surface area contributed by atoms with Gasteiger partial charge in [0.05, 0.1) is 11.4 Å². The lowest BCUT2D eigenvalue weighted by atomic mass is 10.1. The van der Waals surface area contributed by atoms with Crippen LogP contribution in [-0.4, -0.2) is 9.36 Å². The first-order valence-electron chi connectivity index (χ1n) is 6.37. The van der Waals surface area contributed by atoms with E-state index in [1.54, 1.807) is 22.9 Å². The molecule has 0 saturated carbocycles. The van der Waals surface area contributed by atoms with Gasteiger partial charge in [0.25, 0.3) is 5.56 Å². The standard InChI is InChI=1S/C16H15N3O/c1-18-15(12-5-3-2-4-6-12)11-16(20)19(18)14-9-7-13(17)8-10-14/h2-11H,17H2,1H3. The zero-order chi connectivity index (χ0) is 14.1. The third-order valence-electron chi connectivity index (χ3n) is 3.32. The first kappa shape index (κ1) is 12.3. The lowest BCUT2D eigenvalue weighted by Gasteiger charge is -2.10. The van der Waals surface area contributed by atoms with Crippen LogP contribution in [0.3, 0.4) is 0 Å². The normalized spacial score (nSPS) is 10.7. The number of benzene rings is 2. The topological polar surface area (TPSA) is 53.0 Å². The number of anilines is 1. The number of nitrogen functional groups attached to an aromatic ring is 1. The van der Waals surface area contributed by atoms with Crippen molar-refractivity contribution in [1.82, 2.24) is 9.36 Å². The molecule has 2 aromatic carbocycles. The van der Waals surface area contributed by atoms with E-state index in [1.165, 1.54) is 0 Å². The van der Waals surface area contributed by atoms with E-state index in [0.29, 0.717) is 5.69 Å². The summed E-state index contributed by atoms with van der Waals surface area (Å²) < 4.78 is 3.48. The van der Waals surface area contributed by atoms with Crippen LogP contribution >= 0.6 is 0 Å². The molecule has 3 aromatic rings. The van der Waals surface area contributed by atoms with Crippen LogP contribution < -0.4 is 11.3 Å². The van der Waals surface area contributed by atoms with E-state index in [0.717, 1.165) is 16.9 Å². The molecule has 0 fully saturated rings. The van der Waals surface area contributed by atoms with E-state index in [-0.39, 0.29) is 5.56 Å². The molecule has 2 N–H and O–H groups in total. The Morgan fingerprint density at radius 3 is 2.25 bits per heavy atom. The van der Waals surface area contributed by atoms with Crippen molar-refractivity contribution < 1.29 is 0 Å². The SMILES string of the molecule is Cn1c(-c2ccccc2)cc(=O)n1-c1ccc(N)cc1. The molecule has 100 valence electrons. The van der Waals surface area contributed by atoms with Gasteiger partial charge < -0.3 is 5.73 Å². The van der Waals surface area contributed by atoms with Gasteiger partial charge in [-0.05, 0) is 29.8 Å². The molecule has 0 atom stereocenters. The monoisotopic (exact) mass is 265 g/mol. The van der Waals surface area contributed by atoms with Gasteiger partial charge in [0.15, 0.2) is 0 Å². The summed E-state index contributed by atoms with van der Waals surface area (Å²) in [6.07, 6.45) is 0. The van der Waals surface area contributed by atoms with Crippen molar-refractivity contribution in [3.05, 3.63) is 71.0 Å². The summed E-state index contributed by atoms with van der Waals surface area (Å²) >= 11 is 0. The van der Waals surface area contributed by atoms with Crippen LogP contribution in [0.5, 0.6) is 0 Å². The fourth-order valence-corrected chi connectivity index (χ4v) is 2.32. The van der Waals surface area contributed by atoms with Crippen molar-refractivity contribution in [3.63, 3.8) is 0 Å². The average molecular weight is 265 g/mol. The van der Waals surface area contributed by atoms with E-state index >= 15 is 0 Å². The molecule has 1 heterocycles. The van der Waals surface area contributed by atoms with Crippen molar-refractivity contribution in [2.24, 2.45) is 7.05 Å². The van der Waals surface area contributed by atoms with Crippen molar-refractivity contribution in [3.8, 4) is 16.9 Å². The highest BCUT2D eigenvalue weighted by atomic mass is 16.1. The molecule has 0 aliphatic heterocycles. The van der Waals surface area contributed by atoms with Crippen LogP contribution in [0.25, 0.3) is 16.9 Å². The van der Waals surface area contributed by atoms with Gasteiger partial charge in [0.1, 0.15) is 0 Å². The predicted molar refractivity (Wildman–Crippen MR) is 80.9 cm³/mol. The van der Waals surface area contributed by atoms with Crippen molar-refractivity contribution in [2.75, 3.05) is 5.73 Å². The number of hydrogen-bond acceptors (Lipinski definition) is 2. The Kier molecular flexibility index (Phi) is 2.91. The highest BCUT2D eigenvalue weighted by Gasteiger charge is 2.11. The smallest absolute Gasteiger partial charge is 0.271 e. The van der Waals surface area contributed by atoms with Gasteiger partial charge >= 0.3 is 0 Å². The largest absolute Gasteiger partial charge is 0.399 e. The molecule has 0 amide bonds. The Balaban J connectivity index is 2.17. The van der Waals surface area contributed by atoms with E-state index in [1.807, 2.05) is 54.2 Å². The molecule has 0 aliphatic carbocycles. The molecule has 20 heavy (non-hydrogen) atoms. The zero-order valence-corrected chi connectivity index (χ0v) is 11.2. The highest BCUT2D eigenvalue weighted by Crippen LogP contribution is 2.18. The lowest BCUT2D eigenvalue weighted by molar-refractivity contribution is 0.652. The van der Waals surface area contributed by atoms with Crippen molar-refractivity contribution in [1.29, 1.82) is 0 Å². The lowest BCUT2D eigenvalue weighted by Crippen LogP contribution is -2.19. The summed E-state index contributed by atoms with van der Waals surface area (Å²) in [5.74, 6) is 0. The average Bonchev–Trinajstić information content (AvgIpc) is 2.76. The maximum absolute atomic E-state index is 12.2. The molecule has 3 rings (SSSR count). The predicted octanol–water partition coefficient (Wildman–Crippen LogP) is 2.43. The van der Waals surface area contributed by atoms with Gasteiger partial charge in [-0.1, -0.05) is 30.3 Å². The molecule has 0 radical (unpaired) electrons. The number of hydrogen-bond donors (Lipinski definition) is 1. The van der Waals surface area contributed by atoms with E-state index in [4.69, 9.17) is 5.73 Å². The Hall–Kier alpha value is -2.75. The third-order valence-corrected chi connectivity index (χ3v) is 3.32. The Morgan fingerprint density at radius 2 is 1.60 bits per heavy atom. The molecular weight excluding hydrogens is 250 g/mol. The maximum Gasteiger partial charge on any atom is 0.271 e. The Bertz CT molecular complexity index is 783. The van der Waals surface area contributed by atoms with Gasteiger partial charge in [0, 0.05) is 18.8 Å². The second kappa shape index (κ2) is 4.74. The molecule has 0 unspecified atom stereocenters. The molecule has 4 nitrogen and oxygen atoms in total. The summed E-state index contributed by atoms with van der Waals surface area (Å²) in [6.45, 7) is 0. The van der Waals surface area contributed by atoms with E-state index < -0.39 is 0 Å². The molecular formula is C16H15N3O. The van der Waals surface area contributed by atoms with Crippen LogP contribution in [0.4, 0.5) is 5.69 Å². The molecule has 0 saturated heterocycles. The molecule has 4 heteroatoms. The first-order chi connectivity index (χ1) is 9.66. The first-order valence-corrected chi connectivity index (χ1v) is 6.37. The second-order valence-corrected chi connectivity index (χ2v) is 4.66. The van der Waals surface area contributed by atoms with Crippen LogP contribution in [0.15, 0.2) is 65.5 Å². The second-order valence-electron chi connectivity index (χ2n) is 4.66. The molecule has 1 aromatic heterocycles. The Morgan fingerprint density at radius 1 is 0.950 bits per heavy atom. The van der Waals surface area contributed by atoms with Crippen LogP contribution in [0, 0.1) is 0 Å². The Labute approximate surface area is 116 Å². The summed E-state index contributed by atoms with van der Waals surface area (Å²) in [6, 6.07) is 18.8. The fourth-order valence-electron chi connectivity index (χ4n) is 2.32. The number of aromatic nitrogens is 2. The van der Waals surface area contributed by atoms with Crippen LogP contribution in [-0.2, 0) is 7.05 Å². The summed E-state index contributed by atoms with van der Waals surface area (Å²) in [5, 5.41) is 0. The van der Waals surface area contributed by atoms with Crippen LogP contribution in [0.1, 0.15) is 0 Å². The summed E-state index contributed by atoms with van der Waals surface area (Å²) in [4.78, 5) is 12.2. The van der Waals surface area contributed by atoms with Gasteiger partial charge in [-0.25, -0.2) is 4.68 Å². The van der Waals surface area contributed by atoms with Crippen molar-refractivity contribution >= 4 is 5.69 Å². The van der Waals surface area contributed by atoms with Crippen molar-refractivity contribution in [2.45, 2.75) is 0 Å². The number of nitrogens with zero attached hydrogens (tertiary/aromatic N) is 2. The molecule has 0 spiro atoms. The van der Waals surface area contributed by atoms with E-state index in [9.17, 15) is 4.79 Å². The molecule has 0 aliphatic rings. The minimum absolute atomic E-state index is 0.0591. The molecule has 0 bridgehead atoms. The minimum atomic E-state index is -0.0591. The summed E-state index contributed by atoms with van der Waals surface area (Å²) in [5.41, 5.74) is 9.00. The number of nitrogens with two attached hydrogens (primary N) is 1. The maximum atomic E-state index is 12.2. The van der Waals surface area contributed by atoms with Gasteiger partial charge in [-0.2, -0.15) is 0 Å². The van der Waals surface area contributed by atoms with Gasteiger partial charge in [-0.15, -0.1) is 0 Å². The highest BCUT2D eigenvalue weighted by molar-refractivity contribution is 5.59. The number of rotatable bonds is 2. The minimum Gasteiger partial charge on any atom is -0.399 e. The third kappa shape index (κ3) is 2.01. The fraction of sp³-hybridized carbons (Fsp3) is 0.0625. The quantitative estimate of drug-likeness (QED) is 0.723. The van der Waals surface area contributed by atoms with Gasteiger partial charge in [-0.3, -0.25) is 9.48 Å². The summed E-state index contributed by atoms with van der Waals surface area (Å²) in [7, 11) is 1.88. The van der Waals surface area contributed by atoms with Crippen LogP contribution in [0.2, 0.25) is 0 Å². The van der Waals surface area contributed by atoms with Gasteiger partial charge in [0.2, 0.25) is 0 Å².